The first-order valence-electron chi connectivity index (χ1n) is 6.77. The Labute approximate surface area is 120 Å². The molecule has 5 nitrogen and oxygen atoms in total. The van der Waals surface area contributed by atoms with Crippen LogP contribution in [0.5, 0.6) is 0 Å². The van der Waals surface area contributed by atoms with Crippen molar-refractivity contribution in [1.29, 1.82) is 0 Å². The molecule has 3 N–H and O–H groups in total. The largest absolute Gasteiger partial charge is 0.393 e. The first kappa shape index (κ1) is 16.3. The Morgan fingerprint density at radius 1 is 1.37 bits per heavy atom. The zero-order valence-electron chi connectivity index (χ0n) is 12.1. The molecule has 1 atom stereocenters. The van der Waals surface area contributed by atoms with Gasteiger partial charge in [0.15, 0.2) is 0 Å². The zero-order chi connectivity index (χ0) is 14.6. The molecule has 0 aliphatic carbocycles. The molecule has 0 aromatic rings. The summed E-state index contributed by atoms with van der Waals surface area (Å²) in [6.45, 7) is 9.05. The van der Waals surface area contributed by atoms with E-state index in [9.17, 15) is 9.90 Å². The lowest BCUT2D eigenvalue weighted by Gasteiger charge is -2.38. The number of hydrogen-bond donors (Lipinski definition) is 2. The molecule has 6 heteroatoms. The highest BCUT2D eigenvalue weighted by molar-refractivity contribution is 7.80. The number of nitrogens with zero attached hydrogens (tertiary/aromatic N) is 2. The molecule has 1 heterocycles. The molecule has 1 saturated heterocycles. The molecule has 0 spiro atoms. The van der Waals surface area contributed by atoms with Crippen molar-refractivity contribution in [1.82, 2.24) is 9.80 Å². The molecular weight excluding hydrogens is 262 g/mol. The summed E-state index contributed by atoms with van der Waals surface area (Å²) < 4.78 is 0. The van der Waals surface area contributed by atoms with Crippen LogP contribution in [0.25, 0.3) is 0 Å². The third kappa shape index (κ3) is 5.04. The summed E-state index contributed by atoms with van der Waals surface area (Å²) in [5.41, 5.74) is 4.91. The van der Waals surface area contributed by atoms with Gasteiger partial charge in [-0.1, -0.05) is 19.1 Å². The van der Waals surface area contributed by atoms with Crippen molar-refractivity contribution < 1.29 is 9.90 Å². The number of piperazine rings is 1. The van der Waals surface area contributed by atoms with Crippen molar-refractivity contribution in [3.05, 3.63) is 0 Å². The highest BCUT2D eigenvalue weighted by atomic mass is 32.1. The van der Waals surface area contributed by atoms with Gasteiger partial charge in [0.25, 0.3) is 0 Å². The van der Waals surface area contributed by atoms with Crippen LogP contribution in [0.3, 0.4) is 0 Å². The predicted molar refractivity (Wildman–Crippen MR) is 79.9 cm³/mol. The average molecular weight is 287 g/mol. The van der Waals surface area contributed by atoms with Gasteiger partial charge in [-0.2, -0.15) is 0 Å². The number of hydrogen-bond acceptors (Lipinski definition) is 4. The highest BCUT2D eigenvalue weighted by Crippen LogP contribution is 2.13. The van der Waals surface area contributed by atoms with Gasteiger partial charge < -0.3 is 15.7 Å². The lowest BCUT2D eigenvalue weighted by atomic mass is 10.0. The Morgan fingerprint density at radius 2 is 1.89 bits per heavy atom. The van der Waals surface area contributed by atoms with Gasteiger partial charge in [-0.3, -0.25) is 9.69 Å². The third-order valence-corrected chi connectivity index (χ3v) is 3.63. The minimum atomic E-state index is -0.697. The van der Waals surface area contributed by atoms with Crippen LogP contribution in [0.15, 0.2) is 0 Å². The van der Waals surface area contributed by atoms with E-state index in [4.69, 9.17) is 18.0 Å². The van der Waals surface area contributed by atoms with Gasteiger partial charge in [-0.05, 0) is 20.3 Å². The average Bonchev–Trinajstić information content (AvgIpc) is 2.28. The van der Waals surface area contributed by atoms with E-state index in [2.05, 4.69) is 4.90 Å². The van der Waals surface area contributed by atoms with Gasteiger partial charge in [0.2, 0.25) is 5.91 Å². The molecule has 0 saturated carbocycles. The normalized spacial score (nSPS) is 19.3. The van der Waals surface area contributed by atoms with Crippen LogP contribution in [0.4, 0.5) is 0 Å². The van der Waals surface area contributed by atoms with Gasteiger partial charge in [-0.15, -0.1) is 0 Å². The van der Waals surface area contributed by atoms with Crippen LogP contribution >= 0.6 is 12.2 Å². The number of β-amino-alcohol motifs (C(OH)–C–C–N with tert-alkyl or cyclic N) is 1. The van der Waals surface area contributed by atoms with E-state index in [-0.39, 0.29) is 16.8 Å². The number of thiocarbonyl (C=S) groups is 1. The smallest absolute Gasteiger partial charge is 0.232 e. The van der Waals surface area contributed by atoms with E-state index < -0.39 is 5.60 Å². The van der Waals surface area contributed by atoms with E-state index in [1.807, 2.05) is 11.8 Å². The van der Waals surface area contributed by atoms with Crippen molar-refractivity contribution in [2.75, 3.05) is 32.7 Å². The molecule has 0 radical (unpaired) electrons. The SMILES string of the molecule is CCC(C(=O)N1CCN(CC(C)(C)O)CC1)C(N)=S. The summed E-state index contributed by atoms with van der Waals surface area (Å²) in [6, 6.07) is 0. The molecule has 1 amide bonds. The Balaban J connectivity index is 2.49. The second-order valence-electron chi connectivity index (χ2n) is 5.78. The van der Waals surface area contributed by atoms with Crippen LogP contribution in [0, 0.1) is 5.92 Å². The number of aliphatic hydroxyl groups is 1. The Bertz CT molecular complexity index is 333. The van der Waals surface area contributed by atoms with E-state index in [1.165, 1.54) is 0 Å². The number of carbonyl (C=O) groups excluding carboxylic acids is 1. The van der Waals surface area contributed by atoms with E-state index >= 15 is 0 Å². The van der Waals surface area contributed by atoms with E-state index in [1.54, 1.807) is 13.8 Å². The van der Waals surface area contributed by atoms with Crippen molar-refractivity contribution in [2.24, 2.45) is 11.7 Å². The molecule has 1 rings (SSSR count). The quantitative estimate of drug-likeness (QED) is 0.708. The molecule has 0 aromatic carbocycles. The predicted octanol–water partition coefficient (Wildman–Crippen LogP) is 0.214. The molecular formula is C13H25N3O2S. The third-order valence-electron chi connectivity index (χ3n) is 3.34. The van der Waals surface area contributed by atoms with E-state index in [0.29, 0.717) is 26.1 Å². The summed E-state index contributed by atoms with van der Waals surface area (Å²) in [4.78, 5) is 16.5. The maximum atomic E-state index is 12.3. The summed E-state index contributed by atoms with van der Waals surface area (Å²) in [7, 11) is 0. The maximum absolute atomic E-state index is 12.3. The van der Waals surface area contributed by atoms with Crippen LogP contribution in [0.1, 0.15) is 27.2 Å². The Kier molecular flexibility index (Phi) is 5.70. The number of rotatable bonds is 5. The number of amides is 1. The molecule has 110 valence electrons. The fourth-order valence-electron chi connectivity index (χ4n) is 2.39. The summed E-state index contributed by atoms with van der Waals surface area (Å²) in [5, 5.41) is 9.79. The van der Waals surface area contributed by atoms with Gasteiger partial charge in [0.05, 0.1) is 16.5 Å². The van der Waals surface area contributed by atoms with Gasteiger partial charge in [0, 0.05) is 32.7 Å². The Morgan fingerprint density at radius 3 is 2.26 bits per heavy atom. The lowest BCUT2D eigenvalue weighted by Crippen LogP contribution is -2.54. The van der Waals surface area contributed by atoms with Crippen molar-refractivity contribution >= 4 is 23.1 Å². The van der Waals surface area contributed by atoms with E-state index in [0.717, 1.165) is 13.1 Å². The van der Waals surface area contributed by atoms with Crippen LogP contribution in [-0.4, -0.2) is 64.1 Å². The minimum Gasteiger partial charge on any atom is -0.393 e. The van der Waals surface area contributed by atoms with Crippen molar-refractivity contribution in [3.63, 3.8) is 0 Å². The molecule has 0 aromatic heterocycles. The molecule has 1 aliphatic heterocycles. The monoisotopic (exact) mass is 287 g/mol. The lowest BCUT2D eigenvalue weighted by molar-refractivity contribution is -0.135. The van der Waals surface area contributed by atoms with Gasteiger partial charge in [-0.25, -0.2) is 0 Å². The fourth-order valence-corrected chi connectivity index (χ4v) is 2.66. The molecule has 19 heavy (non-hydrogen) atoms. The Hall–Kier alpha value is -0.720. The van der Waals surface area contributed by atoms with Crippen LogP contribution < -0.4 is 5.73 Å². The van der Waals surface area contributed by atoms with Gasteiger partial charge >= 0.3 is 0 Å². The molecule has 1 aliphatic rings. The standard InChI is InChI=1S/C13H25N3O2S/c1-4-10(11(14)19)12(17)16-7-5-15(6-8-16)9-13(2,3)18/h10,18H,4-9H2,1-3H3,(H2,14,19). The van der Waals surface area contributed by atoms with Crippen LogP contribution in [-0.2, 0) is 4.79 Å². The summed E-state index contributed by atoms with van der Waals surface area (Å²) in [6.07, 6.45) is 0.651. The highest BCUT2D eigenvalue weighted by Gasteiger charge is 2.29. The first-order chi connectivity index (χ1) is 8.74. The molecule has 1 fully saturated rings. The second-order valence-corrected chi connectivity index (χ2v) is 6.25. The van der Waals surface area contributed by atoms with Crippen molar-refractivity contribution in [3.8, 4) is 0 Å². The molecule has 1 unspecified atom stereocenters. The second kappa shape index (κ2) is 6.63. The topological polar surface area (TPSA) is 69.8 Å². The number of carbonyl (C=O) groups is 1. The summed E-state index contributed by atoms with van der Waals surface area (Å²) in [5.74, 6) is -0.297. The zero-order valence-corrected chi connectivity index (χ0v) is 12.9. The fraction of sp³-hybridized carbons (Fsp3) is 0.846. The number of nitrogens with two attached hydrogens (primary N) is 1. The molecule has 0 bridgehead atoms. The van der Waals surface area contributed by atoms with Crippen molar-refractivity contribution in [2.45, 2.75) is 32.8 Å². The minimum absolute atomic E-state index is 0.0397. The summed E-state index contributed by atoms with van der Waals surface area (Å²) >= 11 is 4.94. The van der Waals surface area contributed by atoms with Crippen LogP contribution in [0.2, 0.25) is 0 Å². The maximum Gasteiger partial charge on any atom is 0.232 e. The van der Waals surface area contributed by atoms with Gasteiger partial charge in [0.1, 0.15) is 0 Å². The first-order valence-corrected chi connectivity index (χ1v) is 7.18.